The van der Waals surface area contributed by atoms with Crippen molar-refractivity contribution < 1.29 is 8.42 Å². The summed E-state index contributed by atoms with van der Waals surface area (Å²) in [7, 11) is -1.69. The Morgan fingerprint density at radius 1 is 1.59 bits per heavy atom. The molecule has 0 aromatic carbocycles. The third-order valence-corrected chi connectivity index (χ3v) is 4.57. The SMILES string of the molecule is CCC1CC1NS(=O)(=O)c1[nH]ncc1CNC. The fourth-order valence-electron chi connectivity index (χ4n) is 1.95. The van der Waals surface area contributed by atoms with Crippen LogP contribution in [0.3, 0.4) is 0 Å². The van der Waals surface area contributed by atoms with Gasteiger partial charge < -0.3 is 5.32 Å². The van der Waals surface area contributed by atoms with Crippen LogP contribution in [0.25, 0.3) is 0 Å². The first-order valence-corrected chi connectivity index (χ1v) is 7.26. The van der Waals surface area contributed by atoms with Crippen LogP contribution in [0.15, 0.2) is 11.2 Å². The van der Waals surface area contributed by atoms with Crippen LogP contribution in [0.4, 0.5) is 0 Å². The summed E-state index contributed by atoms with van der Waals surface area (Å²) in [5.41, 5.74) is 0.661. The summed E-state index contributed by atoms with van der Waals surface area (Å²) in [6, 6.07) is 0.0933. The van der Waals surface area contributed by atoms with Crippen LogP contribution in [-0.2, 0) is 16.6 Å². The minimum absolute atomic E-state index is 0.0933. The van der Waals surface area contributed by atoms with Gasteiger partial charge in [-0.1, -0.05) is 13.3 Å². The molecule has 1 fully saturated rings. The molecule has 96 valence electrons. The van der Waals surface area contributed by atoms with Gasteiger partial charge in [-0.3, -0.25) is 5.10 Å². The van der Waals surface area contributed by atoms with E-state index in [0.29, 0.717) is 18.0 Å². The Balaban J connectivity index is 2.12. The molecule has 3 N–H and O–H groups in total. The first-order valence-electron chi connectivity index (χ1n) is 5.77. The fourth-order valence-corrected chi connectivity index (χ4v) is 3.40. The number of rotatable bonds is 6. The molecular weight excluding hydrogens is 240 g/mol. The summed E-state index contributed by atoms with van der Waals surface area (Å²) in [4.78, 5) is 0. The molecule has 0 aliphatic heterocycles. The van der Waals surface area contributed by atoms with Crippen molar-refractivity contribution >= 4 is 10.0 Å². The van der Waals surface area contributed by atoms with Gasteiger partial charge in [-0.15, -0.1) is 0 Å². The number of nitrogens with zero attached hydrogens (tertiary/aromatic N) is 1. The molecular formula is C10H18N4O2S. The van der Waals surface area contributed by atoms with Gasteiger partial charge in [-0.25, -0.2) is 13.1 Å². The minimum Gasteiger partial charge on any atom is -0.316 e. The van der Waals surface area contributed by atoms with Crippen molar-refractivity contribution in [3.05, 3.63) is 11.8 Å². The summed E-state index contributed by atoms with van der Waals surface area (Å²) in [5, 5.41) is 9.44. The summed E-state index contributed by atoms with van der Waals surface area (Å²) >= 11 is 0. The van der Waals surface area contributed by atoms with Crippen LogP contribution in [0.2, 0.25) is 0 Å². The second kappa shape index (κ2) is 4.75. The molecule has 0 saturated heterocycles. The molecule has 2 unspecified atom stereocenters. The summed E-state index contributed by atoms with van der Waals surface area (Å²) in [5.74, 6) is 0.487. The maximum absolute atomic E-state index is 12.1. The van der Waals surface area contributed by atoms with Gasteiger partial charge in [0.15, 0.2) is 5.03 Å². The number of H-pyrrole nitrogens is 1. The molecule has 1 aromatic heterocycles. The highest BCUT2D eigenvalue weighted by atomic mass is 32.2. The van der Waals surface area contributed by atoms with E-state index in [-0.39, 0.29) is 11.1 Å². The van der Waals surface area contributed by atoms with Gasteiger partial charge in [0.2, 0.25) is 0 Å². The molecule has 1 heterocycles. The van der Waals surface area contributed by atoms with Crippen LogP contribution in [0.5, 0.6) is 0 Å². The predicted octanol–water partition coefficient (Wildman–Crippen LogP) is 0.206. The Morgan fingerprint density at radius 2 is 2.35 bits per heavy atom. The molecule has 2 atom stereocenters. The smallest absolute Gasteiger partial charge is 0.258 e. The Morgan fingerprint density at radius 3 is 2.94 bits per heavy atom. The molecule has 0 radical (unpaired) electrons. The highest BCUT2D eigenvalue weighted by molar-refractivity contribution is 7.89. The topological polar surface area (TPSA) is 86.9 Å². The van der Waals surface area contributed by atoms with E-state index in [2.05, 4.69) is 27.2 Å². The average molecular weight is 258 g/mol. The highest BCUT2D eigenvalue weighted by Gasteiger charge is 2.39. The van der Waals surface area contributed by atoms with Crippen molar-refractivity contribution in [3.63, 3.8) is 0 Å². The maximum Gasteiger partial charge on any atom is 0.258 e. The van der Waals surface area contributed by atoms with Crippen molar-refractivity contribution in [2.24, 2.45) is 5.92 Å². The number of nitrogens with one attached hydrogen (secondary N) is 3. The largest absolute Gasteiger partial charge is 0.316 e. The molecule has 1 saturated carbocycles. The fraction of sp³-hybridized carbons (Fsp3) is 0.700. The second-order valence-electron chi connectivity index (χ2n) is 4.39. The Kier molecular flexibility index (Phi) is 3.50. The highest BCUT2D eigenvalue weighted by Crippen LogP contribution is 2.34. The third kappa shape index (κ3) is 2.67. The van der Waals surface area contributed by atoms with Crippen molar-refractivity contribution in [2.45, 2.75) is 37.4 Å². The van der Waals surface area contributed by atoms with Crippen LogP contribution < -0.4 is 10.0 Å². The molecule has 0 bridgehead atoms. The van der Waals surface area contributed by atoms with Gasteiger partial charge in [0.25, 0.3) is 10.0 Å². The zero-order valence-electron chi connectivity index (χ0n) is 10.0. The maximum atomic E-state index is 12.1. The number of aromatic amines is 1. The lowest BCUT2D eigenvalue weighted by Crippen LogP contribution is -2.28. The summed E-state index contributed by atoms with van der Waals surface area (Å²) < 4.78 is 26.9. The lowest BCUT2D eigenvalue weighted by Gasteiger charge is -2.06. The van der Waals surface area contributed by atoms with E-state index in [0.717, 1.165) is 12.8 Å². The Labute approximate surface area is 101 Å². The van der Waals surface area contributed by atoms with E-state index in [1.807, 2.05) is 0 Å². The van der Waals surface area contributed by atoms with E-state index in [1.165, 1.54) is 6.20 Å². The van der Waals surface area contributed by atoms with Crippen molar-refractivity contribution in [2.75, 3.05) is 7.05 Å². The molecule has 0 spiro atoms. The van der Waals surface area contributed by atoms with Gasteiger partial charge >= 0.3 is 0 Å². The zero-order valence-corrected chi connectivity index (χ0v) is 10.8. The van der Waals surface area contributed by atoms with Crippen LogP contribution in [-0.4, -0.2) is 31.7 Å². The molecule has 1 aliphatic carbocycles. The third-order valence-electron chi connectivity index (χ3n) is 3.07. The molecule has 2 rings (SSSR count). The van der Waals surface area contributed by atoms with Gasteiger partial charge in [0, 0.05) is 18.2 Å². The number of hydrogen-bond acceptors (Lipinski definition) is 4. The lowest BCUT2D eigenvalue weighted by molar-refractivity contribution is 0.569. The standard InChI is InChI=1S/C10H18N4O2S/c1-3-7-4-9(7)14-17(15,16)10-8(5-11-2)6-12-13-10/h6-7,9,11,14H,3-5H2,1-2H3,(H,12,13). The van der Waals surface area contributed by atoms with Crippen LogP contribution >= 0.6 is 0 Å². The molecule has 17 heavy (non-hydrogen) atoms. The average Bonchev–Trinajstić information content (AvgIpc) is 2.83. The van der Waals surface area contributed by atoms with E-state index in [1.54, 1.807) is 7.05 Å². The number of hydrogen-bond donors (Lipinski definition) is 3. The Hall–Kier alpha value is -0.920. The number of aromatic nitrogens is 2. The van der Waals surface area contributed by atoms with Gasteiger partial charge in [-0.2, -0.15) is 5.10 Å². The van der Waals surface area contributed by atoms with E-state index < -0.39 is 10.0 Å². The van der Waals surface area contributed by atoms with E-state index >= 15 is 0 Å². The van der Waals surface area contributed by atoms with Crippen molar-refractivity contribution in [1.29, 1.82) is 0 Å². The quantitative estimate of drug-likeness (QED) is 0.680. The van der Waals surface area contributed by atoms with Gasteiger partial charge in [0.05, 0.1) is 6.20 Å². The first kappa shape index (κ1) is 12.5. The normalized spacial score (nSPS) is 23.9. The van der Waals surface area contributed by atoms with E-state index in [9.17, 15) is 8.42 Å². The summed E-state index contributed by atoms with van der Waals surface area (Å²) in [6.45, 7) is 2.55. The minimum atomic E-state index is -3.46. The molecule has 6 nitrogen and oxygen atoms in total. The second-order valence-corrected chi connectivity index (χ2v) is 6.04. The number of sulfonamides is 1. The predicted molar refractivity (Wildman–Crippen MR) is 63.9 cm³/mol. The van der Waals surface area contributed by atoms with Gasteiger partial charge in [-0.05, 0) is 19.4 Å². The van der Waals surface area contributed by atoms with Crippen molar-refractivity contribution in [3.8, 4) is 0 Å². The first-order chi connectivity index (χ1) is 8.08. The van der Waals surface area contributed by atoms with Crippen LogP contribution in [0.1, 0.15) is 25.3 Å². The lowest BCUT2D eigenvalue weighted by atomic mass is 10.3. The molecule has 1 aromatic rings. The summed E-state index contributed by atoms with van der Waals surface area (Å²) in [6.07, 6.45) is 3.49. The monoisotopic (exact) mass is 258 g/mol. The zero-order chi connectivity index (χ0) is 12.5. The molecule has 7 heteroatoms. The van der Waals surface area contributed by atoms with E-state index in [4.69, 9.17) is 0 Å². The molecule has 1 aliphatic rings. The Bertz CT molecular complexity index is 482. The molecule has 0 amide bonds. The van der Waals surface area contributed by atoms with Crippen LogP contribution in [0, 0.1) is 5.92 Å². The van der Waals surface area contributed by atoms with Crippen molar-refractivity contribution in [1.82, 2.24) is 20.2 Å². The van der Waals surface area contributed by atoms with Gasteiger partial charge in [0.1, 0.15) is 0 Å².